The Morgan fingerprint density at radius 3 is 2.72 bits per heavy atom. The minimum absolute atomic E-state index is 0.0735. The lowest BCUT2D eigenvalue weighted by Crippen LogP contribution is -2.29. The molecule has 1 aliphatic heterocycles. The predicted molar refractivity (Wildman–Crippen MR) is 67.3 cm³/mol. The van der Waals surface area contributed by atoms with Crippen LogP contribution in [-0.2, 0) is 9.59 Å². The van der Waals surface area contributed by atoms with Gasteiger partial charge in [-0.3, -0.25) is 9.59 Å². The summed E-state index contributed by atoms with van der Waals surface area (Å²) in [7, 11) is 0. The van der Waals surface area contributed by atoms with Crippen molar-refractivity contribution in [2.24, 2.45) is 5.92 Å². The van der Waals surface area contributed by atoms with E-state index in [1.165, 1.54) is 0 Å². The monoisotopic (exact) mass is 267 g/mol. The SMILES string of the molecule is CC(c1ccccc1Cl)N1CC(C(=O)O)CC1=O. The number of carbonyl (C=O) groups is 2. The zero-order valence-corrected chi connectivity index (χ0v) is 10.7. The van der Waals surface area contributed by atoms with Gasteiger partial charge in [-0.05, 0) is 18.6 Å². The Hall–Kier alpha value is -1.55. The number of halogens is 1. The summed E-state index contributed by atoms with van der Waals surface area (Å²) < 4.78 is 0. The molecule has 0 spiro atoms. The Bertz CT molecular complexity index is 489. The molecule has 0 saturated carbocycles. The van der Waals surface area contributed by atoms with Crippen LogP contribution >= 0.6 is 11.6 Å². The fourth-order valence-electron chi connectivity index (χ4n) is 2.25. The Balaban J connectivity index is 2.20. The number of carboxylic acid groups (broad SMARTS) is 1. The zero-order chi connectivity index (χ0) is 13.3. The van der Waals surface area contributed by atoms with Crippen molar-refractivity contribution in [3.05, 3.63) is 34.9 Å². The molecule has 1 amide bonds. The molecule has 0 aliphatic carbocycles. The van der Waals surface area contributed by atoms with Crippen molar-refractivity contribution in [2.45, 2.75) is 19.4 Å². The third kappa shape index (κ3) is 2.34. The molecule has 0 radical (unpaired) electrons. The first-order valence-corrected chi connectivity index (χ1v) is 6.15. The number of amides is 1. The van der Waals surface area contributed by atoms with Crippen molar-refractivity contribution in [3.8, 4) is 0 Å². The van der Waals surface area contributed by atoms with Crippen molar-refractivity contribution >= 4 is 23.5 Å². The van der Waals surface area contributed by atoms with E-state index in [1.807, 2.05) is 25.1 Å². The van der Waals surface area contributed by atoms with Crippen LogP contribution in [0.3, 0.4) is 0 Å². The van der Waals surface area contributed by atoms with E-state index in [9.17, 15) is 9.59 Å². The number of rotatable bonds is 3. The number of hydrogen-bond acceptors (Lipinski definition) is 2. The number of nitrogens with zero attached hydrogens (tertiary/aromatic N) is 1. The smallest absolute Gasteiger partial charge is 0.308 e. The number of aliphatic carboxylic acids is 1. The molecular formula is C13H14ClNO3. The molecule has 18 heavy (non-hydrogen) atoms. The van der Waals surface area contributed by atoms with Crippen LogP contribution < -0.4 is 0 Å². The summed E-state index contributed by atoms with van der Waals surface area (Å²) >= 11 is 6.09. The van der Waals surface area contributed by atoms with E-state index in [0.29, 0.717) is 5.02 Å². The van der Waals surface area contributed by atoms with Crippen molar-refractivity contribution < 1.29 is 14.7 Å². The average molecular weight is 268 g/mol. The lowest BCUT2D eigenvalue weighted by Gasteiger charge is -2.25. The van der Waals surface area contributed by atoms with Crippen LogP contribution in [-0.4, -0.2) is 28.4 Å². The van der Waals surface area contributed by atoms with Gasteiger partial charge in [-0.2, -0.15) is 0 Å². The summed E-state index contributed by atoms with van der Waals surface area (Å²) in [4.78, 5) is 24.3. The second-order valence-electron chi connectivity index (χ2n) is 4.48. The Morgan fingerprint density at radius 2 is 2.17 bits per heavy atom. The third-order valence-corrected chi connectivity index (χ3v) is 3.67. The highest BCUT2D eigenvalue weighted by Crippen LogP contribution is 2.31. The van der Waals surface area contributed by atoms with Gasteiger partial charge in [-0.1, -0.05) is 29.8 Å². The molecule has 4 nitrogen and oxygen atoms in total. The molecule has 1 N–H and O–H groups in total. The van der Waals surface area contributed by atoms with Crippen molar-refractivity contribution in [1.82, 2.24) is 4.90 Å². The molecule has 2 unspecified atom stereocenters. The van der Waals surface area contributed by atoms with Crippen LogP contribution in [0, 0.1) is 5.92 Å². The van der Waals surface area contributed by atoms with Gasteiger partial charge >= 0.3 is 5.97 Å². The minimum Gasteiger partial charge on any atom is -0.481 e. The van der Waals surface area contributed by atoms with Gasteiger partial charge in [-0.15, -0.1) is 0 Å². The largest absolute Gasteiger partial charge is 0.481 e. The molecule has 1 fully saturated rings. The molecular weight excluding hydrogens is 254 g/mol. The van der Waals surface area contributed by atoms with Gasteiger partial charge in [0.2, 0.25) is 5.91 Å². The van der Waals surface area contributed by atoms with Crippen LogP contribution in [0.2, 0.25) is 5.02 Å². The molecule has 5 heteroatoms. The third-order valence-electron chi connectivity index (χ3n) is 3.33. The van der Waals surface area contributed by atoms with E-state index < -0.39 is 11.9 Å². The van der Waals surface area contributed by atoms with E-state index in [4.69, 9.17) is 16.7 Å². The summed E-state index contributed by atoms with van der Waals surface area (Å²) in [6.45, 7) is 2.11. The number of likely N-dealkylation sites (tertiary alicyclic amines) is 1. The second-order valence-corrected chi connectivity index (χ2v) is 4.89. The van der Waals surface area contributed by atoms with E-state index >= 15 is 0 Å². The predicted octanol–water partition coefficient (Wildman–Crippen LogP) is 2.33. The van der Waals surface area contributed by atoms with Gasteiger partial charge in [0, 0.05) is 18.0 Å². The molecule has 96 valence electrons. The summed E-state index contributed by atoms with van der Waals surface area (Å²) in [6, 6.07) is 7.10. The first-order chi connectivity index (χ1) is 8.50. The Kier molecular flexibility index (Phi) is 3.57. The standard InChI is InChI=1S/C13H14ClNO3/c1-8(10-4-2-3-5-11(10)14)15-7-9(13(17)18)6-12(15)16/h2-5,8-9H,6-7H2,1H3,(H,17,18). The molecule has 1 heterocycles. The van der Waals surface area contributed by atoms with Gasteiger partial charge in [0.05, 0.1) is 12.0 Å². The maximum Gasteiger partial charge on any atom is 0.308 e. The molecule has 2 rings (SSSR count). The highest BCUT2D eigenvalue weighted by molar-refractivity contribution is 6.31. The first kappa shape index (κ1) is 12.9. The van der Waals surface area contributed by atoms with Crippen LogP contribution in [0.5, 0.6) is 0 Å². The summed E-state index contributed by atoms with van der Waals surface area (Å²) in [5.41, 5.74) is 0.846. The lowest BCUT2D eigenvalue weighted by atomic mass is 10.1. The topological polar surface area (TPSA) is 57.6 Å². The van der Waals surface area contributed by atoms with Crippen LogP contribution in [0.25, 0.3) is 0 Å². The summed E-state index contributed by atoms with van der Waals surface area (Å²) in [5, 5.41) is 9.54. The maximum absolute atomic E-state index is 11.8. The molecule has 1 aromatic rings. The van der Waals surface area contributed by atoms with Gasteiger partial charge in [0.25, 0.3) is 0 Å². The molecule has 1 aliphatic rings. The number of carboxylic acids is 1. The number of benzene rings is 1. The maximum atomic E-state index is 11.8. The fourth-order valence-corrected chi connectivity index (χ4v) is 2.55. The van der Waals surface area contributed by atoms with Crippen LogP contribution in [0.1, 0.15) is 24.9 Å². The highest BCUT2D eigenvalue weighted by atomic mass is 35.5. The fraction of sp³-hybridized carbons (Fsp3) is 0.385. The van der Waals surface area contributed by atoms with E-state index in [2.05, 4.69) is 0 Å². The second kappa shape index (κ2) is 4.98. The summed E-state index contributed by atoms with van der Waals surface area (Å²) in [6.07, 6.45) is 0.0735. The Morgan fingerprint density at radius 1 is 1.50 bits per heavy atom. The average Bonchev–Trinajstić information content (AvgIpc) is 2.71. The Labute approximate surface area is 110 Å². The van der Waals surface area contributed by atoms with Gasteiger partial charge in [-0.25, -0.2) is 0 Å². The number of hydrogen-bond donors (Lipinski definition) is 1. The first-order valence-electron chi connectivity index (χ1n) is 5.77. The van der Waals surface area contributed by atoms with Gasteiger partial charge in [0.15, 0.2) is 0 Å². The molecule has 1 saturated heterocycles. The van der Waals surface area contributed by atoms with Crippen LogP contribution in [0.4, 0.5) is 0 Å². The number of carbonyl (C=O) groups excluding carboxylic acids is 1. The van der Waals surface area contributed by atoms with Crippen molar-refractivity contribution in [2.75, 3.05) is 6.54 Å². The lowest BCUT2D eigenvalue weighted by molar-refractivity contribution is -0.141. The minimum atomic E-state index is -0.919. The van der Waals surface area contributed by atoms with E-state index in [-0.39, 0.29) is 24.9 Å². The highest BCUT2D eigenvalue weighted by Gasteiger charge is 2.37. The van der Waals surface area contributed by atoms with Gasteiger partial charge < -0.3 is 10.0 Å². The molecule has 2 atom stereocenters. The van der Waals surface area contributed by atoms with E-state index in [1.54, 1.807) is 11.0 Å². The van der Waals surface area contributed by atoms with Crippen LogP contribution in [0.15, 0.2) is 24.3 Å². The molecule has 1 aromatic carbocycles. The normalized spacial score (nSPS) is 21.1. The van der Waals surface area contributed by atoms with Gasteiger partial charge in [0.1, 0.15) is 0 Å². The molecule has 0 bridgehead atoms. The quantitative estimate of drug-likeness (QED) is 0.914. The van der Waals surface area contributed by atoms with Crippen molar-refractivity contribution in [3.63, 3.8) is 0 Å². The van der Waals surface area contributed by atoms with Crippen molar-refractivity contribution in [1.29, 1.82) is 0 Å². The molecule has 0 aromatic heterocycles. The summed E-state index contributed by atoms with van der Waals surface area (Å²) in [5.74, 6) is -1.66. The van der Waals surface area contributed by atoms with E-state index in [0.717, 1.165) is 5.56 Å². The zero-order valence-electron chi connectivity index (χ0n) is 9.97.